The molecule has 0 spiro atoms. The summed E-state index contributed by atoms with van der Waals surface area (Å²) in [7, 11) is 0. The van der Waals surface area contributed by atoms with Gasteiger partial charge in [0.05, 0.1) is 0 Å². The maximum Gasteiger partial charge on any atom is 0.339 e. The van der Waals surface area contributed by atoms with Crippen LogP contribution < -0.4 is 9.47 Å². The molecule has 4 nitrogen and oxygen atoms in total. The molecule has 0 fully saturated rings. The Hall–Kier alpha value is -2.59. The van der Waals surface area contributed by atoms with E-state index in [0.717, 1.165) is 0 Å². The highest BCUT2D eigenvalue weighted by atomic mass is 16.5. The molecular weight excluding hydrogens is 220 g/mol. The lowest BCUT2D eigenvalue weighted by Crippen LogP contribution is -2.04. The number of rotatable bonds is 5. The number of hydrogen-bond acceptors (Lipinski definition) is 3. The third-order valence-corrected chi connectivity index (χ3v) is 1.81. The summed E-state index contributed by atoms with van der Waals surface area (Å²) >= 11 is 0. The van der Waals surface area contributed by atoms with Crippen LogP contribution in [0.25, 0.3) is 0 Å². The molecule has 0 heterocycles. The van der Waals surface area contributed by atoms with Crippen molar-refractivity contribution in [2.45, 2.75) is 0 Å². The molecule has 1 aromatic carbocycles. The van der Waals surface area contributed by atoms with E-state index in [1.54, 1.807) is 6.07 Å². The number of ether oxygens (including phenoxy) is 2. The smallest absolute Gasteiger partial charge is 0.339 e. The van der Waals surface area contributed by atoms with E-state index in [9.17, 15) is 4.79 Å². The fourth-order valence-corrected chi connectivity index (χ4v) is 1.14. The van der Waals surface area contributed by atoms with Crippen LogP contribution in [0.15, 0.2) is 18.2 Å². The third-order valence-electron chi connectivity index (χ3n) is 1.81. The molecule has 0 saturated carbocycles. The maximum absolute atomic E-state index is 11.0. The van der Waals surface area contributed by atoms with Crippen molar-refractivity contribution in [1.29, 1.82) is 0 Å². The first-order valence-corrected chi connectivity index (χ1v) is 4.69. The maximum atomic E-state index is 11.0. The van der Waals surface area contributed by atoms with E-state index >= 15 is 0 Å². The van der Waals surface area contributed by atoms with Crippen molar-refractivity contribution in [3.05, 3.63) is 23.8 Å². The average molecular weight is 230 g/mol. The molecule has 0 amide bonds. The SMILES string of the molecule is C#CCOc1ccc(OCC#C)c(C(=O)O)c1. The van der Waals surface area contributed by atoms with Gasteiger partial charge in [0.25, 0.3) is 0 Å². The second-order valence-electron chi connectivity index (χ2n) is 2.95. The molecule has 86 valence electrons. The molecule has 17 heavy (non-hydrogen) atoms. The van der Waals surface area contributed by atoms with Crippen molar-refractivity contribution in [3.8, 4) is 36.2 Å². The molecule has 0 bridgehead atoms. The summed E-state index contributed by atoms with van der Waals surface area (Å²) in [5.41, 5.74) is -0.0187. The van der Waals surface area contributed by atoms with Crippen molar-refractivity contribution in [3.63, 3.8) is 0 Å². The summed E-state index contributed by atoms with van der Waals surface area (Å²) < 4.78 is 10.2. The predicted octanol–water partition coefficient (Wildman–Crippen LogP) is 1.41. The Balaban J connectivity index is 2.97. The first kappa shape index (κ1) is 12.5. The Morgan fingerprint density at radius 2 is 1.88 bits per heavy atom. The van der Waals surface area contributed by atoms with Crippen molar-refractivity contribution in [1.82, 2.24) is 0 Å². The largest absolute Gasteiger partial charge is 0.481 e. The minimum Gasteiger partial charge on any atom is -0.481 e. The van der Waals surface area contributed by atoms with Gasteiger partial charge >= 0.3 is 5.97 Å². The van der Waals surface area contributed by atoms with Crippen molar-refractivity contribution in [2.75, 3.05) is 13.2 Å². The second kappa shape index (κ2) is 6.09. The van der Waals surface area contributed by atoms with E-state index in [1.165, 1.54) is 12.1 Å². The van der Waals surface area contributed by atoms with Gasteiger partial charge in [0.2, 0.25) is 0 Å². The average Bonchev–Trinajstić information content (AvgIpc) is 2.34. The molecule has 4 heteroatoms. The van der Waals surface area contributed by atoms with Gasteiger partial charge in [-0.2, -0.15) is 0 Å². The van der Waals surface area contributed by atoms with Crippen LogP contribution in [0.1, 0.15) is 10.4 Å². The van der Waals surface area contributed by atoms with Crippen LogP contribution in [0, 0.1) is 24.7 Å². The third kappa shape index (κ3) is 3.48. The van der Waals surface area contributed by atoms with Crippen LogP contribution in [-0.2, 0) is 0 Å². The van der Waals surface area contributed by atoms with Crippen molar-refractivity contribution < 1.29 is 19.4 Å². The topological polar surface area (TPSA) is 55.8 Å². The van der Waals surface area contributed by atoms with Crippen LogP contribution in [0.5, 0.6) is 11.5 Å². The molecular formula is C13H10O4. The Morgan fingerprint density at radius 3 is 2.47 bits per heavy atom. The summed E-state index contributed by atoms with van der Waals surface area (Å²) in [5, 5.41) is 8.99. The molecule has 1 aromatic rings. The Kier molecular flexibility index (Phi) is 4.47. The summed E-state index contributed by atoms with van der Waals surface area (Å²) in [4.78, 5) is 11.0. The van der Waals surface area contributed by atoms with E-state index in [2.05, 4.69) is 11.8 Å². The molecule has 1 N–H and O–H groups in total. The fourth-order valence-electron chi connectivity index (χ4n) is 1.14. The summed E-state index contributed by atoms with van der Waals surface area (Å²) in [6.07, 6.45) is 10.1. The van der Waals surface area contributed by atoms with Gasteiger partial charge in [-0.3, -0.25) is 0 Å². The lowest BCUT2D eigenvalue weighted by molar-refractivity contribution is 0.0692. The van der Waals surface area contributed by atoms with Gasteiger partial charge in [-0.15, -0.1) is 12.8 Å². The molecule has 0 unspecified atom stereocenters. The van der Waals surface area contributed by atoms with Crippen LogP contribution in [0.2, 0.25) is 0 Å². The zero-order valence-electron chi connectivity index (χ0n) is 8.97. The number of carbonyl (C=O) groups is 1. The molecule has 0 atom stereocenters. The number of benzene rings is 1. The molecule has 0 radical (unpaired) electrons. The standard InChI is InChI=1S/C13H10O4/c1-3-7-16-10-5-6-12(17-8-4-2)11(9-10)13(14)15/h1-2,5-6,9H,7-8H2,(H,14,15). The number of hydrogen-bond donors (Lipinski definition) is 1. The highest BCUT2D eigenvalue weighted by molar-refractivity contribution is 5.91. The predicted molar refractivity (Wildman–Crippen MR) is 62.1 cm³/mol. The molecule has 0 aliphatic rings. The molecule has 0 aliphatic heterocycles. The van der Waals surface area contributed by atoms with Gasteiger partial charge in [-0.05, 0) is 18.2 Å². The quantitative estimate of drug-likeness (QED) is 0.777. The van der Waals surface area contributed by atoms with Gasteiger partial charge in [0.1, 0.15) is 30.3 Å². The summed E-state index contributed by atoms with van der Waals surface area (Å²) in [6, 6.07) is 4.38. The van der Waals surface area contributed by atoms with E-state index in [-0.39, 0.29) is 24.5 Å². The number of carboxylic acid groups (broad SMARTS) is 1. The van der Waals surface area contributed by atoms with Gasteiger partial charge in [0.15, 0.2) is 0 Å². The van der Waals surface area contributed by atoms with Gasteiger partial charge in [-0.25, -0.2) is 4.79 Å². The summed E-state index contributed by atoms with van der Waals surface area (Å²) in [6.45, 7) is 0.0778. The van der Waals surface area contributed by atoms with Gasteiger partial charge in [0, 0.05) is 0 Å². The first-order chi connectivity index (χ1) is 8.19. The van der Waals surface area contributed by atoms with Crippen LogP contribution in [0.4, 0.5) is 0 Å². The Bertz CT molecular complexity index is 491. The van der Waals surface area contributed by atoms with Crippen molar-refractivity contribution >= 4 is 5.97 Å². The first-order valence-electron chi connectivity index (χ1n) is 4.69. The second-order valence-corrected chi connectivity index (χ2v) is 2.95. The van der Waals surface area contributed by atoms with E-state index in [4.69, 9.17) is 27.4 Å². The summed E-state index contributed by atoms with van der Waals surface area (Å²) in [5.74, 6) is 3.99. The van der Waals surface area contributed by atoms with E-state index in [0.29, 0.717) is 5.75 Å². The monoisotopic (exact) mass is 230 g/mol. The zero-order chi connectivity index (χ0) is 12.7. The van der Waals surface area contributed by atoms with E-state index < -0.39 is 5.97 Å². The Labute approximate surface area is 99.2 Å². The van der Waals surface area contributed by atoms with E-state index in [1.807, 2.05) is 0 Å². The molecule has 0 saturated heterocycles. The molecule has 1 rings (SSSR count). The molecule has 0 aliphatic carbocycles. The number of aromatic carboxylic acids is 1. The van der Waals surface area contributed by atoms with Gasteiger partial charge in [-0.1, -0.05) is 11.8 Å². The zero-order valence-corrected chi connectivity index (χ0v) is 8.97. The van der Waals surface area contributed by atoms with Gasteiger partial charge < -0.3 is 14.6 Å². The van der Waals surface area contributed by atoms with Crippen LogP contribution in [0.3, 0.4) is 0 Å². The number of terminal acetylenes is 2. The lowest BCUT2D eigenvalue weighted by Gasteiger charge is -2.08. The van der Waals surface area contributed by atoms with Crippen LogP contribution >= 0.6 is 0 Å². The molecule has 0 aromatic heterocycles. The van der Waals surface area contributed by atoms with Crippen LogP contribution in [-0.4, -0.2) is 24.3 Å². The lowest BCUT2D eigenvalue weighted by atomic mass is 10.2. The minimum atomic E-state index is -1.12. The fraction of sp³-hybridized carbons (Fsp3) is 0.154. The number of carboxylic acids is 1. The van der Waals surface area contributed by atoms with Crippen molar-refractivity contribution in [2.24, 2.45) is 0 Å². The normalized spacial score (nSPS) is 8.82. The minimum absolute atomic E-state index is 0.00480. The highest BCUT2D eigenvalue weighted by Crippen LogP contribution is 2.24. The Morgan fingerprint density at radius 1 is 1.24 bits per heavy atom. The highest BCUT2D eigenvalue weighted by Gasteiger charge is 2.12.